The monoisotopic (exact) mass is 321 g/mol. The van der Waals surface area contributed by atoms with Gasteiger partial charge in [0, 0.05) is 31.9 Å². The van der Waals surface area contributed by atoms with E-state index in [-0.39, 0.29) is 11.8 Å². The summed E-state index contributed by atoms with van der Waals surface area (Å²) in [7, 11) is 1.96. The Morgan fingerprint density at radius 1 is 1.26 bits per heavy atom. The van der Waals surface area contributed by atoms with Crippen molar-refractivity contribution in [3.63, 3.8) is 0 Å². The van der Waals surface area contributed by atoms with E-state index in [9.17, 15) is 9.59 Å². The van der Waals surface area contributed by atoms with Crippen LogP contribution in [0.4, 0.5) is 0 Å². The molecule has 0 radical (unpaired) electrons. The number of aromatic nitrogens is 1. The van der Waals surface area contributed by atoms with Gasteiger partial charge in [0.05, 0.1) is 0 Å². The van der Waals surface area contributed by atoms with Gasteiger partial charge in [-0.1, -0.05) is 13.8 Å². The first-order chi connectivity index (χ1) is 10.9. The third-order valence-corrected chi connectivity index (χ3v) is 3.59. The highest BCUT2D eigenvalue weighted by Gasteiger charge is 2.20. The number of nitrogens with zero attached hydrogens (tertiary/aromatic N) is 2. The molecule has 1 atom stereocenters. The minimum absolute atomic E-state index is 0.214. The van der Waals surface area contributed by atoms with E-state index in [1.807, 2.05) is 33.0 Å². The van der Waals surface area contributed by atoms with Crippen LogP contribution in [-0.2, 0) is 16.0 Å². The van der Waals surface area contributed by atoms with Gasteiger partial charge in [-0.2, -0.15) is 0 Å². The van der Waals surface area contributed by atoms with E-state index in [4.69, 9.17) is 5.11 Å². The number of aliphatic carboxylic acids is 1. The second-order valence-corrected chi connectivity index (χ2v) is 6.25. The lowest BCUT2D eigenvalue weighted by Crippen LogP contribution is -2.42. The molecule has 0 saturated heterocycles. The first-order valence-corrected chi connectivity index (χ1v) is 7.98. The molecule has 2 N–H and O–H groups in total. The minimum Gasteiger partial charge on any atom is -0.480 e. The number of pyridine rings is 1. The van der Waals surface area contributed by atoms with Gasteiger partial charge >= 0.3 is 5.97 Å². The van der Waals surface area contributed by atoms with Crippen LogP contribution < -0.4 is 5.32 Å². The Hall–Kier alpha value is -1.95. The SMILES string of the molecule is CC(C)CC(NC(=O)CCN(C)CCc1ccncc1)C(=O)O. The molecule has 1 rings (SSSR count). The average Bonchev–Trinajstić information content (AvgIpc) is 2.50. The lowest BCUT2D eigenvalue weighted by Gasteiger charge is -2.19. The number of hydrogen-bond donors (Lipinski definition) is 2. The van der Waals surface area contributed by atoms with E-state index in [2.05, 4.69) is 15.2 Å². The maximum atomic E-state index is 11.9. The fraction of sp³-hybridized carbons (Fsp3) is 0.588. The van der Waals surface area contributed by atoms with Gasteiger partial charge in [0.15, 0.2) is 0 Å². The summed E-state index contributed by atoms with van der Waals surface area (Å²) in [6, 6.07) is 3.15. The maximum Gasteiger partial charge on any atom is 0.326 e. The lowest BCUT2D eigenvalue weighted by molar-refractivity contribution is -0.142. The van der Waals surface area contributed by atoms with Crippen molar-refractivity contribution >= 4 is 11.9 Å². The molecule has 128 valence electrons. The summed E-state index contributed by atoms with van der Waals surface area (Å²) >= 11 is 0. The largest absolute Gasteiger partial charge is 0.480 e. The molecule has 0 aliphatic rings. The first-order valence-electron chi connectivity index (χ1n) is 7.98. The quantitative estimate of drug-likeness (QED) is 0.683. The number of carbonyl (C=O) groups is 2. The number of amides is 1. The number of carboxylic acids is 1. The number of nitrogens with one attached hydrogen (secondary N) is 1. The minimum atomic E-state index is -0.974. The molecule has 0 aliphatic carbocycles. The first kappa shape index (κ1) is 19.1. The molecule has 0 fully saturated rings. The van der Waals surface area contributed by atoms with E-state index in [1.54, 1.807) is 12.4 Å². The van der Waals surface area contributed by atoms with Gasteiger partial charge in [0.2, 0.25) is 5.91 Å². The van der Waals surface area contributed by atoms with Crippen LogP contribution in [0.1, 0.15) is 32.3 Å². The van der Waals surface area contributed by atoms with Crippen molar-refractivity contribution in [2.24, 2.45) is 5.92 Å². The molecule has 1 aromatic rings. The van der Waals surface area contributed by atoms with Crippen molar-refractivity contribution in [2.45, 2.75) is 39.2 Å². The molecule has 1 aromatic heterocycles. The Morgan fingerprint density at radius 2 is 1.91 bits per heavy atom. The fourth-order valence-electron chi connectivity index (χ4n) is 2.23. The summed E-state index contributed by atoms with van der Waals surface area (Å²) in [5.41, 5.74) is 1.21. The topological polar surface area (TPSA) is 82.5 Å². The standard InChI is InChI=1S/C17H27N3O3/c1-13(2)12-15(17(22)23)19-16(21)7-11-20(3)10-6-14-4-8-18-9-5-14/h4-5,8-9,13,15H,6-7,10-12H2,1-3H3,(H,19,21)(H,22,23). The van der Waals surface area contributed by atoms with Crippen molar-refractivity contribution in [2.75, 3.05) is 20.1 Å². The van der Waals surface area contributed by atoms with Crippen molar-refractivity contribution < 1.29 is 14.7 Å². The molecule has 0 aliphatic heterocycles. The van der Waals surface area contributed by atoms with Crippen molar-refractivity contribution in [1.82, 2.24) is 15.2 Å². The highest BCUT2D eigenvalue weighted by atomic mass is 16.4. The summed E-state index contributed by atoms with van der Waals surface area (Å²) in [5.74, 6) is -0.966. The molecule has 1 unspecified atom stereocenters. The third kappa shape index (κ3) is 8.30. The van der Waals surface area contributed by atoms with Crippen LogP contribution >= 0.6 is 0 Å². The summed E-state index contributed by atoms with van der Waals surface area (Å²) in [4.78, 5) is 29.1. The Morgan fingerprint density at radius 3 is 2.48 bits per heavy atom. The molecular formula is C17H27N3O3. The average molecular weight is 321 g/mol. The Bertz CT molecular complexity index is 491. The van der Waals surface area contributed by atoms with Crippen LogP contribution in [0.2, 0.25) is 0 Å². The highest BCUT2D eigenvalue weighted by Crippen LogP contribution is 2.05. The molecule has 6 heteroatoms. The highest BCUT2D eigenvalue weighted by molar-refractivity contribution is 5.83. The number of carbonyl (C=O) groups excluding carboxylic acids is 1. The molecule has 0 saturated carbocycles. The predicted molar refractivity (Wildman–Crippen MR) is 89.1 cm³/mol. The summed E-state index contributed by atoms with van der Waals surface area (Å²) in [5, 5.41) is 11.7. The lowest BCUT2D eigenvalue weighted by atomic mass is 10.0. The van der Waals surface area contributed by atoms with Gasteiger partial charge in [-0.3, -0.25) is 9.78 Å². The summed E-state index contributed by atoms with van der Waals surface area (Å²) in [6.07, 6.45) is 5.17. The van der Waals surface area contributed by atoms with Crippen LogP contribution in [0, 0.1) is 5.92 Å². The number of likely N-dealkylation sites (N-methyl/N-ethyl adjacent to an activating group) is 1. The van der Waals surface area contributed by atoms with E-state index in [1.165, 1.54) is 5.56 Å². The Kier molecular flexibility index (Phi) is 8.26. The smallest absolute Gasteiger partial charge is 0.326 e. The van der Waals surface area contributed by atoms with E-state index in [0.717, 1.165) is 13.0 Å². The van der Waals surface area contributed by atoms with Gasteiger partial charge in [0.1, 0.15) is 6.04 Å². The Balaban J connectivity index is 2.29. The molecule has 23 heavy (non-hydrogen) atoms. The maximum absolute atomic E-state index is 11.9. The second kappa shape index (κ2) is 9.94. The van der Waals surface area contributed by atoms with Crippen molar-refractivity contribution in [1.29, 1.82) is 0 Å². The summed E-state index contributed by atoms with van der Waals surface area (Å²) in [6.45, 7) is 5.32. The van der Waals surface area contributed by atoms with E-state index in [0.29, 0.717) is 19.4 Å². The zero-order valence-corrected chi connectivity index (χ0v) is 14.2. The zero-order chi connectivity index (χ0) is 17.2. The number of carboxylic acid groups (broad SMARTS) is 1. The molecule has 1 heterocycles. The van der Waals surface area contributed by atoms with Gasteiger partial charge in [-0.25, -0.2) is 4.79 Å². The number of rotatable bonds is 10. The van der Waals surface area contributed by atoms with Crippen molar-refractivity contribution in [3.8, 4) is 0 Å². The zero-order valence-electron chi connectivity index (χ0n) is 14.2. The Labute approximate surface area is 137 Å². The normalized spacial score (nSPS) is 12.4. The second-order valence-electron chi connectivity index (χ2n) is 6.25. The van der Waals surface area contributed by atoms with Crippen LogP contribution in [0.15, 0.2) is 24.5 Å². The van der Waals surface area contributed by atoms with E-state index < -0.39 is 12.0 Å². The van der Waals surface area contributed by atoms with Crippen molar-refractivity contribution in [3.05, 3.63) is 30.1 Å². The molecule has 1 amide bonds. The van der Waals surface area contributed by atoms with Gasteiger partial charge < -0.3 is 15.3 Å². The van der Waals surface area contributed by atoms with Gasteiger partial charge in [0.25, 0.3) is 0 Å². The fourth-order valence-corrected chi connectivity index (χ4v) is 2.23. The van der Waals surface area contributed by atoms with Crippen LogP contribution in [0.5, 0.6) is 0 Å². The van der Waals surface area contributed by atoms with Crippen LogP contribution in [0.25, 0.3) is 0 Å². The molecule has 0 bridgehead atoms. The molecule has 6 nitrogen and oxygen atoms in total. The molecule has 0 spiro atoms. The van der Waals surface area contributed by atoms with Crippen LogP contribution in [0.3, 0.4) is 0 Å². The van der Waals surface area contributed by atoms with Crippen LogP contribution in [-0.4, -0.2) is 53.0 Å². The van der Waals surface area contributed by atoms with Gasteiger partial charge in [-0.15, -0.1) is 0 Å². The van der Waals surface area contributed by atoms with Gasteiger partial charge in [-0.05, 0) is 43.5 Å². The molecule has 0 aromatic carbocycles. The summed E-state index contributed by atoms with van der Waals surface area (Å²) < 4.78 is 0. The molecular weight excluding hydrogens is 294 g/mol. The van der Waals surface area contributed by atoms with E-state index >= 15 is 0 Å². The number of hydrogen-bond acceptors (Lipinski definition) is 4. The third-order valence-electron chi connectivity index (χ3n) is 3.59. The predicted octanol–water partition coefficient (Wildman–Crippen LogP) is 1.56.